The number of hydrogen-bond donors (Lipinski definition) is 1. The number of aliphatic carboxylic acids is 1. The number of esters is 1. The van der Waals surface area contributed by atoms with Gasteiger partial charge in [-0.05, 0) is 25.1 Å². The van der Waals surface area contributed by atoms with Gasteiger partial charge in [0, 0.05) is 12.5 Å². The number of carbonyl (C=O) groups excluding carboxylic acids is 1. The Morgan fingerprint density at radius 1 is 1.04 bits per heavy atom. The summed E-state index contributed by atoms with van der Waals surface area (Å²) >= 11 is 0. The largest absolute Gasteiger partial charge is 0.478 e. The lowest BCUT2D eigenvalue weighted by Gasteiger charge is -2.17. The summed E-state index contributed by atoms with van der Waals surface area (Å²) in [6.07, 6.45) is -1.68. The number of ether oxygens (including phenoxy) is 1. The Bertz CT molecular complexity index is 885. The number of hydrogen-bond acceptors (Lipinski definition) is 6. The quantitative estimate of drug-likeness (QED) is 0.620. The second-order valence-corrected chi connectivity index (χ2v) is 6.76. The van der Waals surface area contributed by atoms with Crippen molar-refractivity contribution >= 4 is 22.1 Å². The van der Waals surface area contributed by atoms with Gasteiger partial charge in [0.15, 0.2) is 5.75 Å². The topological polar surface area (TPSA) is 107 Å². The van der Waals surface area contributed by atoms with Crippen LogP contribution in [0.4, 0.5) is 0 Å². The number of carboxylic acid groups (broad SMARTS) is 1. The average molecular weight is 364 g/mol. The Kier molecular flexibility index (Phi) is 5.43. The van der Waals surface area contributed by atoms with Crippen LogP contribution >= 0.6 is 0 Å². The summed E-state index contributed by atoms with van der Waals surface area (Å²) in [5.41, 5.74) is 0.793. The highest BCUT2D eigenvalue weighted by molar-refractivity contribution is 7.87. The Morgan fingerprint density at radius 2 is 1.64 bits per heavy atom. The van der Waals surface area contributed by atoms with E-state index in [0.717, 1.165) is 12.5 Å². The SMILES string of the molecule is CC(=O)OC(C(=O)O)c1ccccc1OS(=O)(=O)c1ccc(C)cc1. The molecular formula is C17H16O7S. The van der Waals surface area contributed by atoms with Crippen molar-refractivity contribution in [3.8, 4) is 5.75 Å². The minimum Gasteiger partial charge on any atom is -0.478 e. The molecule has 0 amide bonds. The summed E-state index contributed by atoms with van der Waals surface area (Å²) in [5.74, 6) is -2.49. The van der Waals surface area contributed by atoms with Gasteiger partial charge in [0.25, 0.3) is 0 Å². The molecule has 0 aliphatic carbocycles. The lowest BCUT2D eigenvalue weighted by atomic mass is 10.1. The third kappa shape index (κ3) is 4.57. The van der Waals surface area contributed by atoms with Gasteiger partial charge < -0.3 is 14.0 Å². The van der Waals surface area contributed by atoms with Crippen LogP contribution in [0.2, 0.25) is 0 Å². The maximum atomic E-state index is 12.4. The van der Waals surface area contributed by atoms with Gasteiger partial charge in [-0.15, -0.1) is 0 Å². The average Bonchev–Trinajstić information content (AvgIpc) is 2.53. The second kappa shape index (κ2) is 7.35. The summed E-state index contributed by atoms with van der Waals surface area (Å²) in [7, 11) is -4.17. The number of rotatable bonds is 6. The standard InChI is InChI=1S/C17H16O7S/c1-11-7-9-13(10-8-11)25(21,22)24-15-6-4-3-5-14(15)16(17(19)20)23-12(2)18/h3-10,16H,1-2H3,(H,19,20). The fourth-order valence-electron chi connectivity index (χ4n) is 2.06. The molecule has 0 aliphatic rings. The molecule has 0 bridgehead atoms. The molecule has 0 fully saturated rings. The summed E-state index contributed by atoms with van der Waals surface area (Å²) in [4.78, 5) is 22.4. The predicted octanol–water partition coefficient (Wildman–Crippen LogP) is 2.45. The molecule has 2 rings (SSSR count). The van der Waals surface area contributed by atoms with Crippen LogP contribution in [0.3, 0.4) is 0 Å². The lowest BCUT2D eigenvalue weighted by molar-refractivity contribution is -0.163. The molecule has 8 heteroatoms. The molecule has 2 aromatic carbocycles. The minimum absolute atomic E-state index is 0.0766. The highest BCUT2D eigenvalue weighted by atomic mass is 32.2. The van der Waals surface area contributed by atoms with E-state index in [9.17, 15) is 23.1 Å². The fourth-order valence-corrected chi connectivity index (χ4v) is 3.01. The van der Waals surface area contributed by atoms with Crippen molar-refractivity contribution in [3.63, 3.8) is 0 Å². The predicted molar refractivity (Wildman–Crippen MR) is 87.6 cm³/mol. The van der Waals surface area contributed by atoms with E-state index in [1.54, 1.807) is 12.1 Å². The Hall–Kier alpha value is -2.87. The van der Waals surface area contributed by atoms with Gasteiger partial charge in [-0.25, -0.2) is 4.79 Å². The number of carbonyl (C=O) groups is 2. The zero-order valence-electron chi connectivity index (χ0n) is 13.5. The number of benzene rings is 2. The number of aryl methyl sites for hydroxylation is 1. The van der Waals surface area contributed by atoms with Crippen LogP contribution < -0.4 is 4.18 Å². The fraction of sp³-hybridized carbons (Fsp3) is 0.176. The number of carboxylic acids is 1. The van der Waals surface area contributed by atoms with Crippen molar-refractivity contribution in [2.24, 2.45) is 0 Å². The maximum absolute atomic E-state index is 12.4. The van der Waals surface area contributed by atoms with Crippen molar-refractivity contribution in [1.29, 1.82) is 0 Å². The van der Waals surface area contributed by atoms with Crippen molar-refractivity contribution in [3.05, 3.63) is 59.7 Å². The lowest BCUT2D eigenvalue weighted by Crippen LogP contribution is -2.20. The first-order chi connectivity index (χ1) is 11.7. The van der Waals surface area contributed by atoms with Crippen LogP contribution in [0.15, 0.2) is 53.4 Å². The third-order valence-electron chi connectivity index (χ3n) is 3.22. The minimum atomic E-state index is -4.17. The van der Waals surface area contributed by atoms with E-state index in [4.69, 9.17) is 8.92 Å². The molecule has 1 atom stereocenters. The molecule has 7 nitrogen and oxygen atoms in total. The molecule has 0 heterocycles. The summed E-state index contributed by atoms with van der Waals surface area (Å²) in [5, 5.41) is 9.26. The molecule has 1 N–H and O–H groups in total. The molecule has 2 aromatic rings. The maximum Gasteiger partial charge on any atom is 0.349 e. The van der Waals surface area contributed by atoms with Crippen molar-refractivity contribution < 1.29 is 32.0 Å². The van der Waals surface area contributed by atoms with Crippen LogP contribution in [0.1, 0.15) is 24.2 Å². The smallest absolute Gasteiger partial charge is 0.349 e. The first-order valence-electron chi connectivity index (χ1n) is 7.21. The molecule has 132 valence electrons. The molecular weight excluding hydrogens is 348 g/mol. The number of para-hydroxylation sites is 1. The van der Waals surface area contributed by atoms with E-state index >= 15 is 0 Å². The van der Waals surface area contributed by atoms with Crippen molar-refractivity contribution in [1.82, 2.24) is 0 Å². The molecule has 0 spiro atoms. The first kappa shape index (κ1) is 18.5. The van der Waals surface area contributed by atoms with E-state index in [1.807, 2.05) is 6.92 Å². The van der Waals surface area contributed by atoms with Gasteiger partial charge in [0.2, 0.25) is 6.10 Å². The highest BCUT2D eigenvalue weighted by Gasteiger charge is 2.28. The van der Waals surface area contributed by atoms with Crippen LogP contribution in [-0.4, -0.2) is 25.5 Å². The van der Waals surface area contributed by atoms with Crippen molar-refractivity contribution in [2.75, 3.05) is 0 Å². The van der Waals surface area contributed by atoms with Gasteiger partial charge >= 0.3 is 22.1 Å². The third-order valence-corrected chi connectivity index (χ3v) is 4.47. The molecule has 0 radical (unpaired) electrons. The van der Waals surface area contributed by atoms with Crippen LogP contribution in [-0.2, 0) is 24.4 Å². The van der Waals surface area contributed by atoms with Crippen LogP contribution in [0.25, 0.3) is 0 Å². The molecule has 0 saturated heterocycles. The van der Waals surface area contributed by atoms with E-state index in [2.05, 4.69) is 0 Å². The van der Waals surface area contributed by atoms with Gasteiger partial charge in [0.1, 0.15) is 4.90 Å². The Morgan fingerprint density at radius 3 is 2.20 bits per heavy atom. The van der Waals surface area contributed by atoms with Crippen LogP contribution in [0, 0.1) is 6.92 Å². The Labute approximate surface area is 144 Å². The van der Waals surface area contributed by atoms with Gasteiger partial charge in [-0.1, -0.05) is 35.9 Å². The molecule has 0 aliphatic heterocycles. The molecule has 25 heavy (non-hydrogen) atoms. The summed E-state index contributed by atoms with van der Waals surface area (Å²) in [6, 6.07) is 11.6. The summed E-state index contributed by atoms with van der Waals surface area (Å²) in [6.45, 7) is 2.87. The van der Waals surface area contributed by atoms with E-state index in [0.29, 0.717) is 0 Å². The zero-order valence-corrected chi connectivity index (χ0v) is 14.3. The monoisotopic (exact) mass is 364 g/mol. The van der Waals surface area contributed by atoms with Crippen molar-refractivity contribution in [2.45, 2.75) is 24.8 Å². The van der Waals surface area contributed by atoms with E-state index in [1.165, 1.54) is 36.4 Å². The van der Waals surface area contributed by atoms with Gasteiger partial charge in [-0.3, -0.25) is 4.79 Å². The normalized spacial score (nSPS) is 12.2. The first-order valence-corrected chi connectivity index (χ1v) is 8.61. The second-order valence-electron chi connectivity index (χ2n) is 5.22. The molecule has 0 aromatic heterocycles. The summed E-state index contributed by atoms with van der Waals surface area (Å²) < 4.78 is 34.7. The highest BCUT2D eigenvalue weighted by Crippen LogP contribution is 2.30. The van der Waals surface area contributed by atoms with E-state index in [-0.39, 0.29) is 16.2 Å². The van der Waals surface area contributed by atoms with Crippen LogP contribution in [0.5, 0.6) is 5.75 Å². The molecule has 0 saturated carbocycles. The van der Waals surface area contributed by atoms with Gasteiger partial charge in [-0.2, -0.15) is 8.42 Å². The Balaban J connectivity index is 2.42. The van der Waals surface area contributed by atoms with E-state index < -0.39 is 28.2 Å². The molecule has 1 unspecified atom stereocenters. The van der Waals surface area contributed by atoms with Gasteiger partial charge in [0.05, 0.1) is 0 Å². The zero-order chi connectivity index (χ0) is 18.6.